The lowest BCUT2D eigenvalue weighted by molar-refractivity contribution is 0.196. The number of anilines is 1. The highest BCUT2D eigenvalue weighted by atomic mass is 32.2. The number of aromatic nitrogens is 1. The number of hydrogen-bond donors (Lipinski definition) is 2. The van der Waals surface area contributed by atoms with Crippen LogP contribution in [0.1, 0.15) is 6.92 Å². The molecule has 0 radical (unpaired) electrons. The number of piperazine rings is 1. The largest absolute Gasteiger partial charge is 0.321 e. The number of nitrogens with one attached hydrogen (secondary N) is 1. The number of nitrogen functional groups attached to an aromatic ring is 1. The van der Waals surface area contributed by atoms with Crippen molar-refractivity contribution in [2.45, 2.75) is 11.9 Å². The number of rotatable bonds is 4. The highest BCUT2D eigenvalue weighted by molar-refractivity contribution is 7.89. The van der Waals surface area contributed by atoms with E-state index < -0.39 is 10.0 Å². The third-order valence-electron chi connectivity index (χ3n) is 3.29. The molecule has 2 rings (SSSR count). The van der Waals surface area contributed by atoms with Crippen molar-refractivity contribution in [2.24, 2.45) is 5.84 Å². The first kappa shape index (κ1) is 14.2. The van der Waals surface area contributed by atoms with Crippen LogP contribution in [0.25, 0.3) is 0 Å². The second kappa shape index (κ2) is 5.83. The van der Waals surface area contributed by atoms with Gasteiger partial charge in [0.1, 0.15) is 0 Å². The molecule has 2 heterocycles. The van der Waals surface area contributed by atoms with E-state index in [1.807, 2.05) is 0 Å². The molecule has 0 unspecified atom stereocenters. The summed E-state index contributed by atoms with van der Waals surface area (Å²) in [5.41, 5.74) is 2.70. The molecular weight excluding hydrogens is 266 g/mol. The molecule has 1 aromatic rings. The summed E-state index contributed by atoms with van der Waals surface area (Å²) in [4.78, 5) is 6.16. The normalized spacial score (nSPS) is 18.4. The van der Waals surface area contributed by atoms with Gasteiger partial charge in [-0.15, -0.1) is 0 Å². The maximum atomic E-state index is 12.5. The molecule has 1 aromatic heterocycles. The standard InChI is InChI=1S/C11H19N5O2S/c1-2-15-6-8-16(9-7-15)19(17,18)11-10(14-12)4-3-5-13-11/h3-5,14H,2,6-9,12H2,1H3. The van der Waals surface area contributed by atoms with Crippen molar-refractivity contribution in [2.75, 3.05) is 38.1 Å². The molecule has 0 bridgehead atoms. The molecule has 0 atom stereocenters. The molecule has 8 heteroatoms. The predicted octanol–water partition coefficient (Wildman–Crippen LogP) is -0.307. The van der Waals surface area contributed by atoms with Gasteiger partial charge in [0.05, 0.1) is 5.69 Å². The summed E-state index contributed by atoms with van der Waals surface area (Å²) >= 11 is 0. The average Bonchev–Trinajstić information content (AvgIpc) is 2.47. The number of pyridine rings is 1. The van der Waals surface area contributed by atoms with Crippen molar-refractivity contribution in [1.82, 2.24) is 14.2 Å². The van der Waals surface area contributed by atoms with E-state index in [1.54, 1.807) is 12.1 Å². The zero-order valence-corrected chi connectivity index (χ0v) is 11.7. The summed E-state index contributed by atoms with van der Waals surface area (Å²) in [5, 5.41) is -0.0116. The van der Waals surface area contributed by atoms with Crippen LogP contribution in [-0.2, 0) is 10.0 Å². The molecule has 1 fully saturated rings. The maximum absolute atomic E-state index is 12.5. The highest BCUT2D eigenvalue weighted by Gasteiger charge is 2.30. The quantitative estimate of drug-likeness (QED) is 0.582. The van der Waals surface area contributed by atoms with E-state index >= 15 is 0 Å². The van der Waals surface area contributed by atoms with Gasteiger partial charge in [-0.2, -0.15) is 4.31 Å². The van der Waals surface area contributed by atoms with Gasteiger partial charge in [-0.05, 0) is 18.7 Å². The van der Waals surface area contributed by atoms with Crippen LogP contribution in [0.15, 0.2) is 23.4 Å². The van der Waals surface area contributed by atoms with Crippen LogP contribution in [0.2, 0.25) is 0 Å². The summed E-state index contributed by atoms with van der Waals surface area (Å²) in [5.74, 6) is 5.34. The number of nitrogens with two attached hydrogens (primary N) is 1. The molecule has 1 saturated heterocycles. The minimum Gasteiger partial charge on any atom is -0.321 e. The van der Waals surface area contributed by atoms with Gasteiger partial charge in [0.15, 0.2) is 5.03 Å². The van der Waals surface area contributed by atoms with Crippen LogP contribution in [0.3, 0.4) is 0 Å². The van der Waals surface area contributed by atoms with Crippen LogP contribution in [-0.4, -0.2) is 55.3 Å². The Morgan fingerprint density at radius 1 is 1.37 bits per heavy atom. The van der Waals surface area contributed by atoms with Crippen molar-refractivity contribution in [3.05, 3.63) is 18.3 Å². The molecule has 0 aliphatic carbocycles. The summed E-state index contributed by atoms with van der Waals surface area (Å²) in [7, 11) is -3.58. The summed E-state index contributed by atoms with van der Waals surface area (Å²) in [6, 6.07) is 3.24. The Morgan fingerprint density at radius 3 is 2.63 bits per heavy atom. The van der Waals surface area contributed by atoms with Crippen LogP contribution in [0.5, 0.6) is 0 Å². The smallest absolute Gasteiger partial charge is 0.262 e. The topological polar surface area (TPSA) is 91.6 Å². The lowest BCUT2D eigenvalue weighted by Crippen LogP contribution is -2.48. The number of sulfonamides is 1. The Balaban J connectivity index is 2.23. The van der Waals surface area contributed by atoms with E-state index in [1.165, 1.54) is 10.5 Å². The number of hydrazine groups is 1. The lowest BCUT2D eigenvalue weighted by atomic mass is 10.4. The Bertz CT molecular complexity index is 526. The monoisotopic (exact) mass is 285 g/mol. The molecule has 0 aromatic carbocycles. The molecule has 0 amide bonds. The van der Waals surface area contributed by atoms with Gasteiger partial charge >= 0.3 is 0 Å². The van der Waals surface area contributed by atoms with Gasteiger partial charge < -0.3 is 10.3 Å². The average molecular weight is 285 g/mol. The molecule has 0 saturated carbocycles. The van der Waals surface area contributed by atoms with Crippen molar-refractivity contribution in [3.63, 3.8) is 0 Å². The fourth-order valence-corrected chi connectivity index (χ4v) is 3.60. The van der Waals surface area contributed by atoms with Crippen molar-refractivity contribution < 1.29 is 8.42 Å². The molecule has 106 valence electrons. The van der Waals surface area contributed by atoms with Crippen LogP contribution < -0.4 is 11.3 Å². The Morgan fingerprint density at radius 2 is 2.05 bits per heavy atom. The molecule has 19 heavy (non-hydrogen) atoms. The summed E-state index contributed by atoms with van der Waals surface area (Å²) in [6.07, 6.45) is 1.45. The minimum absolute atomic E-state index is 0.0116. The minimum atomic E-state index is -3.58. The molecule has 1 aliphatic heterocycles. The van der Waals surface area contributed by atoms with Gasteiger partial charge in [-0.1, -0.05) is 6.92 Å². The first-order valence-corrected chi connectivity index (χ1v) is 7.67. The van der Waals surface area contributed by atoms with Crippen molar-refractivity contribution in [1.29, 1.82) is 0 Å². The van der Waals surface area contributed by atoms with Gasteiger partial charge in [-0.25, -0.2) is 13.4 Å². The number of nitrogens with zero attached hydrogens (tertiary/aromatic N) is 3. The van der Waals surface area contributed by atoms with E-state index in [4.69, 9.17) is 5.84 Å². The Hall–Kier alpha value is -1.22. The first-order chi connectivity index (χ1) is 9.09. The fraction of sp³-hybridized carbons (Fsp3) is 0.545. The third-order valence-corrected chi connectivity index (χ3v) is 5.15. The zero-order chi connectivity index (χ0) is 13.9. The second-order valence-corrected chi connectivity index (χ2v) is 6.19. The maximum Gasteiger partial charge on any atom is 0.262 e. The third kappa shape index (κ3) is 2.86. The van der Waals surface area contributed by atoms with Crippen LogP contribution >= 0.6 is 0 Å². The molecule has 0 spiro atoms. The van der Waals surface area contributed by atoms with Crippen LogP contribution in [0.4, 0.5) is 5.69 Å². The molecular formula is C11H19N5O2S. The zero-order valence-electron chi connectivity index (χ0n) is 10.9. The van der Waals surface area contributed by atoms with E-state index in [0.717, 1.165) is 19.6 Å². The molecule has 1 aliphatic rings. The summed E-state index contributed by atoms with van der Waals surface area (Å²) in [6.45, 7) is 5.46. The van der Waals surface area contributed by atoms with Gasteiger partial charge in [0, 0.05) is 32.4 Å². The van der Waals surface area contributed by atoms with E-state index in [-0.39, 0.29) is 5.03 Å². The highest BCUT2D eigenvalue weighted by Crippen LogP contribution is 2.22. The number of hydrogen-bond acceptors (Lipinski definition) is 6. The molecule has 3 N–H and O–H groups in total. The van der Waals surface area contributed by atoms with E-state index in [0.29, 0.717) is 18.8 Å². The van der Waals surface area contributed by atoms with Crippen LogP contribution in [0, 0.1) is 0 Å². The summed E-state index contributed by atoms with van der Waals surface area (Å²) < 4.78 is 26.5. The Kier molecular flexibility index (Phi) is 4.35. The van der Waals surface area contributed by atoms with Gasteiger partial charge in [-0.3, -0.25) is 5.84 Å². The SMILES string of the molecule is CCN1CCN(S(=O)(=O)c2ncccc2NN)CC1. The molecule has 7 nitrogen and oxygen atoms in total. The van der Waals surface area contributed by atoms with E-state index in [9.17, 15) is 8.42 Å². The Labute approximate surface area is 113 Å². The van der Waals surface area contributed by atoms with Gasteiger partial charge in [0.25, 0.3) is 10.0 Å². The lowest BCUT2D eigenvalue weighted by Gasteiger charge is -2.33. The van der Waals surface area contributed by atoms with Gasteiger partial charge in [0.2, 0.25) is 0 Å². The van der Waals surface area contributed by atoms with E-state index in [2.05, 4.69) is 22.2 Å². The first-order valence-electron chi connectivity index (χ1n) is 6.23. The predicted molar refractivity (Wildman–Crippen MR) is 72.9 cm³/mol. The number of likely N-dealkylation sites (N-methyl/N-ethyl adjacent to an activating group) is 1. The van der Waals surface area contributed by atoms with Crippen molar-refractivity contribution >= 4 is 15.7 Å². The van der Waals surface area contributed by atoms with Crippen molar-refractivity contribution in [3.8, 4) is 0 Å². The second-order valence-electron chi connectivity index (χ2n) is 4.34. The fourth-order valence-electron chi connectivity index (χ4n) is 2.11.